The molecule has 0 bridgehead atoms. The van der Waals surface area contributed by atoms with Gasteiger partial charge >= 0.3 is 0 Å². The van der Waals surface area contributed by atoms with Crippen molar-refractivity contribution in [3.63, 3.8) is 0 Å². The molecule has 0 aliphatic carbocycles. The van der Waals surface area contributed by atoms with Crippen LogP contribution in [0.4, 0.5) is 5.82 Å². The van der Waals surface area contributed by atoms with Gasteiger partial charge in [-0.25, -0.2) is 4.68 Å². The van der Waals surface area contributed by atoms with E-state index in [0.29, 0.717) is 11.8 Å². The van der Waals surface area contributed by atoms with Crippen LogP contribution in [-0.4, -0.2) is 16.3 Å². The van der Waals surface area contributed by atoms with Gasteiger partial charge in [-0.05, 0) is 11.5 Å². The molecule has 0 saturated heterocycles. The zero-order valence-corrected chi connectivity index (χ0v) is 10.9. The summed E-state index contributed by atoms with van der Waals surface area (Å²) in [6, 6.07) is 12.8. The number of anilines is 1. The van der Waals surface area contributed by atoms with Crippen molar-refractivity contribution in [2.45, 2.75) is 32.2 Å². The highest BCUT2D eigenvalue weighted by Crippen LogP contribution is 2.27. The summed E-state index contributed by atoms with van der Waals surface area (Å²) in [7, 11) is 0. The van der Waals surface area contributed by atoms with E-state index in [1.165, 1.54) is 11.3 Å². The van der Waals surface area contributed by atoms with E-state index in [4.69, 9.17) is 0 Å². The molecule has 3 rings (SSSR count). The Morgan fingerprint density at radius 1 is 1.28 bits per heavy atom. The number of hydrogen-bond donors (Lipinski definition) is 1. The Bertz CT molecular complexity index is 528. The zero-order chi connectivity index (χ0) is 12.5. The molecule has 3 nitrogen and oxygen atoms in total. The number of benzene rings is 1. The summed E-state index contributed by atoms with van der Waals surface area (Å²) in [5, 5.41) is 8.17. The molecule has 0 amide bonds. The second kappa shape index (κ2) is 4.48. The topological polar surface area (TPSA) is 29.9 Å². The summed E-state index contributed by atoms with van der Waals surface area (Å²) in [6.07, 6.45) is 0. The van der Waals surface area contributed by atoms with Crippen LogP contribution in [0, 0.1) is 0 Å². The average molecular weight is 241 g/mol. The minimum atomic E-state index is 0.486. The molecule has 0 radical (unpaired) electrons. The molecule has 2 aromatic rings. The summed E-state index contributed by atoms with van der Waals surface area (Å²) in [6.45, 7) is 6.33. The molecule has 1 unspecified atom stereocenters. The lowest BCUT2D eigenvalue weighted by atomic mass is 9.98. The van der Waals surface area contributed by atoms with Gasteiger partial charge in [-0.2, -0.15) is 5.10 Å². The molecule has 3 heteroatoms. The first-order chi connectivity index (χ1) is 8.74. The van der Waals surface area contributed by atoms with E-state index >= 15 is 0 Å². The first kappa shape index (κ1) is 11.3. The van der Waals surface area contributed by atoms with Crippen molar-refractivity contribution in [2.75, 3.05) is 11.9 Å². The molecule has 1 atom stereocenters. The van der Waals surface area contributed by atoms with Crippen LogP contribution in [-0.2, 0) is 6.54 Å². The highest BCUT2D eigenvalue weighted by molar-refractivity contribution is 5.41. The van der Waals surface area contributed by atoms with Gasteiger partial charge in [0.1, 0.15) is 5.82 Å². The number of fused-ring (bicyclic) bond motifs is 1. The van der Waals surface area contributed by atoms with Crippen LogP contribution in [0.5, 0.6) is 0 Å². The van der Waals surface area contributed by atoms with Crippen LogP contribution in [0.1, 0.15) is 36.9 Å². The lowest BCUT2D eigenvalue weighted by Gasteiger charge is -2.25. The van der Waals surface area contributed by atoms with Crippen LogP contribution >= 0.6 is 0 Å². The van der Waals surface area contributed by atoms with E-state index in [1.54, 1.807) is 0 Å². The predicted octanol–water partition coefficient (Wildman–Crippen LogP) is 3.22. The summed E-state index contributed by atoms with van der Waals surface area (Å²) in [4.78, 5) is 0. The Morgan fingerprint density at radius 2 is 2.06 bits per heavy atom. The van der Waals surface area contributed by atoms with E-state index in [-0.39, 0.29) is 0 Å². The second-order valence-corrected chi connectivity index (χ2v) is 5.28. The average Bonchev–Trinajstić information content (AvgIpc) is 2.82. The van der Waals surface area contributed by atoms with Crippen molar-refractivity contribution in [3.8, 4) is 0 Å². The quantitative estimate of drug-likeness (QED) is 0.875. The Hall–Kier alpha value is -1.77. The molecule has 1 aromatic carbocycles. The van der Waals surface area contributed by atoms with Crippen LogP contribution in [0.2, 0.25) is 0 Å². The minimum Gasteiger partial charge on any atom is -0.370 e. The van der Waals surface area contributed by atoms with Gasteiger partial charge in [-0.1, -0.05) is 44.2 Å². The maximum absolute atomic E-state index is 4.68. The third-order valence-corrected chi connectivity index (χ3v) is 3.58. The fraction of sp³-hybridized carbons (Fsp3) is 0.400. The maximum atomic E-state index is 4.68. The van der Waals surface area contributed by atoms with Crippen LogP contribution in [0.25, 0.3) is 0 Å². The lowest BCUT2D eigenvalue weighted by molar-refractivity contribution is 0.499. The highest BCUT2D eigenvalue weighted by atomic mass is 15.3. The predicted molar refractivity (Wildman–Crippen MR) is 74.0 cm³/mol. The Morgan fingerprint density at radius 3 is 2.78 bits per heavy atom. The van der Waals surface area contributed by atoms with E-state index in [2.05, 4.69) is 65.3 Å². The zero-order valence-electron chi connectivity index (χ0n) is 10.9. The molecule has 1 aliphatic rings. The molecule has 1 aromatic heterocycles. The van der Waals surface area contributed by atoms with Gasteiger partial charge in [0, 0.05) is 18.5 Å². The van der Waals surface area contributed by atoms with Crippen molar-refractivity contribution in [1.82, 2.24) is 9.78 Å². The van der Waals surface area contributed by atoms with E-state index in [1.807, 2.05) is 0 Å². The van der Waals surface area contributed by atoms with E-state index < -0.39 is 0 Å². The van der Waals surface area contributed by atoms with Gasteiger partial charge in [0.25, 0.3) is 0 Å². The fourth-order valence-corrected chi connectivity index (χ4v) is 2.45. The first-order valence-corrected chi connectivity index (χ1v) is 6.60. The summed E-state index contributed by atoms with van der Waals surface area (Å²) < 4.78 is 2.11. The molecule has 2 heterocycles. The number of nitrogens with zero attached hydrogens (tertiary/aromatic N) is 2. The van der Waals surface area contributed by atoms with E-state index in [9.17, 15) is 0 Å². The van der Waals surface area contributed by atoms with Crippen LogP contribution in [0.15, 0.2) is 36.4 Å². The van der Waals surface area contributed by atoms with Gasteiger partial charge in [0.2, 0.25) is 0 Å². The highest BCUT2D eigenvalue weighted by Gasteiger charge is 2.21. The normalized spacial score (nSPS) is 18.5. The number of aromatic nitrogens is 2. The second-order valence-electron chi connectivity index (χ2n) is 5.28. The van der Waals surface area contributed by atoms with Crippen molar-refractivity contribution >= 4 is 5.82 Å². The summed E-state index contributed by atoms with van der Waals surface area (Å²) in [5.74, 6) is 2.16. The molecular formula is C15H19N3. The third kappa shape index (κ3) is 2.01. The molecule has 18 heavy (non-hydrogen) atoms. The van der Waals surface area contributed by atoms with Crippen molar-refractivity contribution in [2.24, 2.45) is 0 Å². The minimum absolute atomic E-state index is 0.486. The number of hydrogen-bond acceptors (Lipinski definition) is 2. The van der Waals surface area contributed by atoms with Crippen molar-refractivity contribution in [3.05, 3.63) is 47.7 Å². The Balaban J connectivity index is 1.85. The monoisotopic (exact) mass is 241 g/mol. The van der Waals surface area contributed by atoms with Gasteiger partial charge in [0.15, 0.2) is 0 Å². The lowest BCUT2D eigenvalue weighted by Crippen LogP contribution is -2.26. The van der Waals surface area contributed by atoms with Crippen LogP contribution < -0.4 is 5.32 Å². The van der Waals surface area contributed by atoms with Crippen LogP contribution in [0.3, 0.4) is 0 Å². The van der Waals surface area contributed by atoms with Gasteiger partial charge < -0.3 is 5.32 Å². The molecule has 0 saturated carbocycles. The summed E-state index contributed by atoms with van der Waals surface area (Å²) in [5.41, 5.74) is 2.56. The fourth-order valence-electron chi connectivity index (χ4n) is 2.45. The van der Waals surface area contributed by atoms with E-state index in [0.717, 1.165) is 18.9 Å². The molecule has 1 aliphatic heterocycles. The smallest absolute Gasteiger partial charge is 0.124 e. The number of rotatable bonds is 2. The van der Waals surface area contributed by atoms with Gasteiger partial charge in [0.05, 0.1) is 12.2 Å². The molecule has 0 fully saturated rings. The first-order valence-electron chi connectivity index (χ1n) is 6.60. The molecule has 0 spiro atoms. The third-order valence-electron chi connectivity index (χ3n) is 3.58. The number of nitrogens with one attached hydrogen (secondary N) is 1. The Labute approximate surface area is 108 Å². The standard InChI is InChI=1S/C15H19N3/c1-11(2)14-8-15-16-9-13(10-18(15)17-14)12-6-4-3-5-7-12/h3-8,11,13,16H,9-10H2,1-2H3. The molecule has 94 valence electrons. The molecular weight excluding hydrogens is 222 g/mol. The SMILES string of the molecule is CC(C)c1cc2n(n1)CC(c1ccccc1)CN2. The molecule has 1 N–H and O–H groups in total. The van der Waals surface area contributed by atoms with Gasteiger partial charge in [-0.3, -0.25) is 0 Å². The van der Waals surface area contributed by atoms with Crippen molar-refractivity contribution < 1.29 is 0 Å². The largest absolute Gasteiger partial charge is 0.370 e. The van der Waals surface area contributed by atoms with Gasteiger partial charge in [-0.15, -0.1) is 0 Å². The Kier molecular flexibility index (Phi) is 2.82. The summed E-state index contributed by atoms with van der Waals surface area (Å²) >= 11 is 0. The maximum Gasteiger partial charge on any atom is 0.124 e. The van der Waals surface area contributed by atoms with Crippen molar-refractivity contribution in [1.29, 1.82) is 0 Å².